The van der Waals surface area contributed by atoms with Crippen molar-refractivity contribution >= 4 is 28.4 Å². The lowest BCUT2D eigenvalue weighted by Gasteiger charge is -2.22. The summed E-state index contributed by atoms with van der Waals surface area (Å²) >= 11 is 0. The molecule has 2 heterocycles. The number of ether oxygens (including phenoxy) is 1. The quantitative estimate of drug-likeness (QED) is 0.134. The number of pyridine rings is 2. The average Bonchev–Trinajstić information content (AvgIpc) is 3.09. The van der Waals surface area contributed by atoms with Gasteiger partial charge in [-0.1, -0.05) is 102 Å². The van der Waals surface area contributed by atoms with Crippen LogP contribution in [0.3, 0.4) is 0 Å². The molecule has 8 nitrogen and oxygen atoms in total. The first-order valence-electron chi connectivity index (χ1n) is 16.9. The summed E-state index contributed by atoms with van der Waals surface area (Å²) in [6.07, 6.45) is 1.69. The Morgan fingerprint density at radius 1 is 0.833 bits per heavy atom. The molecule has 0 aliphatic heterocycles. The number of nitrogens with zero attached hydrogens (tertiary/aromatic N) is 3. The minimum atomic E-state index is -0.482. The lowest BCUT2D eigenvalue weighted by molar-refractivity contribution is 0.223. The third-order valence-corrected chi connectivity index (χ3v) is 8.75. The number of benzene rings is 3. The van der Waals surface area contributed by atoms with Crippen molar-refractivity contribution in [3.8, 4) is 16.9 Å². The molecular weight excluding hydrogens is 598 g/mol. The van der Waals surface area contributed by atoms with Crippen molar-refractivity contribution in [3.63, 3.8) is 0 Å². The van der Waals surface area contributed by atoms with Gasteiger partial charge < -0.3 is 20.3 Å². The van der Waals surface area contributed by atoms with Gasteiger partial charge >= 0.3 is 6.03 Å². The molecule has 5 aromatic rings. The molecule has 0 saturated carbocycles. The van der Waals surface area contributed by atoms with Crippen LogP contribution in [0.25, 0.3) is 22.2 Å². The van der Waals surface area contributed by atoms with Crippen molar-refractivity contribution in [1.82, 2.24) is 14.5 Å². The Bertz CT molecular complexity index is 1890. The number of anilines is 2. The first-order chi connectivity index (χ1) is 23.2. The van der Waals surface area contributed by atoms with E-state index < -0.39 is 6.03 Å². The van der Waals surface area contributed by atoms with Crippen molar-refractivity contribution in [2.75, 3.05) is 36.9 Å². The van der Waals surface area contributed by atoms with Gasteiger partial charge in [0.2, 0.25) is 0 Å². The minimum Gasteiger partial charge on any atom is -0.492 e. The zero-order valence-corrected chi connectivity index (χ0v) is 28.9. The molecule has 5 rings (SSSR count). The standard InChI is InChI=1S/C40H47N5O3/c1-7-44(8-2)23-24-48-31-18-12-17-30(25-31)35-34-21-14-22-41-38(34)45(26-29-15-10-9-11-16-29)39(46)37(35)43-40(47)42-36-32(27(3)4)19-13-20-33(36)28(5)6/h9-22,25,27-28H,7-8,23-24,26H2,1-6H3,(H2,42,43,47). The largest absolute Gasteiger partial charge is 0.492 e. The monoisotopic (exact) mass is 645 g/mol. The first-order valence-corrected chi connectivity index (χ1v) is 16.9. The number of nitrogens with one attached hydrogen (secondary N) is 2. The molecule has 8 heteroatoms. The molecule has 2 amide bonds. The highest BCUT2D eigenvalue weighted by Gasteiger charge is 2.23. The second-order valence-corrected chi connectivity index (χ2v) is 12.6. The molecule has 250 valence electrons. The number of hydrogen-bond acceptors (Lipinski definition) is 5. The van der Waals surface area contributed by atoms with Crippen LogP contribution in [-0.2, 0) is 6.54 Å². The fourth-order valence-electron chi connectivity index (χ4n) is 6.14. The molecule has 2 N–H and O–H groups in total. The molecule has 2 aromatic heterocycles. The zero-order valence-electron chi connectivity index (χ0n) is 28.9. The highest BCUT2D eigenvalue weighted by molar-refractivity contribution is 6.07. The van der Waals surface area contributed by atoms with E-state index in [4.69, 9.17) is 4.74 Å². The molecule has 0 unspecified atom stereocenters. The van der Waals surface area contributed by atoms with Crippen LogP contribution < -0.4 is 20.9 Å². The first kappa shape index (κ1) is 34.4. The number of amides is 2. The van der Waals surface area contributed by atoms with E-state index in [1.165, 1.54) is 0 Å². The van der Waals surface area contributed by atoms with Gasteiger partial charge in [0.05, 0.1) is 6.54 Å². The SMILES string of the molecule is CCN(CC)CCOc1cccc(-c2c(NC(=O)Nc3c(C(C)C)cccc3C(C)C)c(=O)n(Cc3ccccc3)c3ncccc23)c1. The molecule has 0 radical (unpaired) electrons. The van der Waals surface area contributed by atoms with Gasteiger partial charge in [-0.05, 0) is 71.4 Å². The van der Waals surface area contributed by atoms with Crippen LogP contribution in [0.5, 0.6) is 5.75 Å². The molecule has 0 atom stereocenters. The van der Waals surface area contributed by atoms with Crippen LogP contribution in [0, 0.1) is 0 Å². The van der Waals surface area contributed by atoms with Crippen molar-refractivity contribution in [2.45, 2.75) is 59.9 Å². The Morgan fingerprint density at radius 3 is 2.17 bits per heavy atom. The highest BCUT2D eigenvalue weighted by Crippen LogP contribution is 2.36. The number of carbonyl (C=O) groups excluding carboxylic acids is 1. The third kappa shape index (κ3) is 7.77. The maximum atomic E-state index is 14.6. The van der Waals surface area contributed by atoms with Crippen LogP contribution in [-0.4, -0.2) is 46.7 Å². The second kappa shape index (κ2) is 15.8. The van der Waals surface area contributed by atoms with Gasteiger partial charge in [0, 0.05) is 29.4 Å². The maximum Gasteiger partial charge on any atom is 0.323 e. The summed E-state index contributed by atoms with van der Waals surface area (Å²) in [4.78, 5) is 35.5. The average molecular weight is 646 g/mol. The summed E-state index contributed by atoms with van der Waals surface area (Å²) in [5, 5.41) is 6.89. The van der Waals surface area contributed by atoms with Crippen molar-refractivity contribution in [3.05, 3.63) is 118 Å². The summed E-state index contributed by atoms with van der Waals surface area (Å²) in [7, 11) is 0. The van der Waals surface area contributed by atoms with E-state index in [2.05, 4.69) is 62.1 Å². The lowest BCUT2D eigenvalue weighted by atomic mass is 9.93. The molecular formula is C40H47N5O3. The summed E-state index contributed by atoms with van der Waals surface area (Å²) < 4.78 is 7.81. The number of aromatic nitrogens is 2. The fraction of sp³-hybridized carbons (Fsp3) is 0.325. The zero-order chi connectivity index (χ0) is 34.2. The Labute approximate surface area is 283 Å². The van der Waals surface area contributed by atoms with Gasteiger partial charge in [0.1, 0.15) is 23.7 Å². The predicted molar refractivity (Wildman–Crippen MR) is 198 cm³/mol. The summed E-state index contributed by atoms with van der Waals surface area (Å²) in [5.41, 5.74) is 5.51. The summed E-state index contributed by atoms with van der Waals surface area (Å²) in [6.45, 7) is 16.3. The normalized spacial score (nSPS) is 11.4. The van der Waals surface area contributed by atoms with E-state index in [1.54, 1.807) is 10.8 Å². The number of rotatable bonds is 13. The predicted octanol–water partition coefficient (Wildman–Crippen LogP) is 8.72. The smallest absolute Gasteiger partial charge is 0.323 e. The van der Waals surface area contributed by atoms with Crippen LogP contribution in [0.2, 0.25) is 0 Å². The number of hydrogen-bond donors (Lipinski definition) is 2. The van der Waals surface area contributed by atoms with Gasteiger partial charge in [0.25, 0.3) is 5.56 Å². The van der Waals surface area contributed by atoms with Crippen molar-refractivity contribution < 1.29 is 9.53 Å². The molecule has 0 aliphatic rings. The van der Waals surface area contributed by atoms with Crippen molar-refractivity contribution in [1.29, 1.82) is 0 Å². The maximum absolute atomic E-state index is 14.6. The fourth-order valence-corrected chi connectivity index (χ4v) is 6.14. The number of urea groups is 1. The number of fused-ring (bicyclic) bond motifs is 1. The van der Waals surface area contributed by atoms with Gasteiger partial charge in [-0.3, -0.25) is 9.36 Å². The lowest BCUT2D eigenvalue weighted by Crippen LogP contribution is -2.30. The Hall–Kier alpha value is -4.95. The van der Waals surface area contributed by atoms with Crippen LogP contribution in [0.4, 0.5) is 16.2 Å². The summed E-state index contributed by atoms with van der Waals surface area (Å²) in [5.74, 6) is 1.07. The Morgan fingerprint density at radius 2 is 1.50 bits per heavy atom. The van der Waals surface area contributed by atoms with E-state index in [0.717, 1.165) is 53.0 Å². The van der Waals surface area contributed by atoms with E-state index in [1.807, 2.05) is 84.9 Å². The van der Waals surface area contributed by atoms with Gasteiger partial charge in [-0.2, -0.15) is 0 Å². The minimum absolute atomic E-state index is 0.178. The summed E-state index contributed by atoms with van der Waals surface area (Å²) in [6, 6.07) is 26.9. The second-order valence-electron chi connectivity index (χ2n) is 12.6. The topological polar surface area (TPSA) is 88.5 Å². The van der Waals surface area contributed by atoms with E-state index in [9.17, 15) is 9.59 Å². The van der Waals surface area contributed by atoms with E-state index in [0.29, 0.717) is 30.1 Å². The molecule has 48 heavy (non-hydrogen) atoms. The molecule has 0 fully saturated rings. The number of likely N-dealkylation sites (N-methyl/N-ethyl adjacent to an activating group) is 1. The number of para-hydroxylation sites is 1. The molecule has 3 aromatic carbocycles. The van der Waals surface area contributed by atoms with Crippen LogP contribution in [0.1, 0.15) is 70.1 Å². The van der Waals surface area contributed by atoms with E-state index in [-0.39, 0.29) is 23.1 Å². The molecule has 0 spiro atoms. The Kier molecular flexibility index (Phi) is 11.3. The molecule has 0 bridgehead atoms. The van der Waals surface area contributed by atoms with Gasteiger partial charge in [-0.25, -0.2) is 9.78 Å². The van der Waals surface area contributed by atoms with Gasteiger partial charge in [-0.15, -0.1) is 0 Å². The number of carbonyl (C=O) groups is 1. The third-order valence-electron chi connectivity index (χ3n) is 8.75. The van der Waals surface area contributed by atoms with Gasteiger partial charge in [0.15, 0.2) is 0 Å². The Balaban J connectivity index is 1.63. The molecule has 0 saturated heterocycles. The van der Waals surface area contributed by atoms with Crippen LogP contribution in [0.15, 0.2) is 95.9 Å². The van der Waals surface area contributed by atoms with Crippen molar-refractivity contribution in [2.24, 2.45) is 0 Å². The molecule has 0 aliphatic carbocycles. The van der Waals surface area contributed by atoms with E-state index >= 15 is 0 Å². The highest BCUT2D eigenvalue weighted by atomic mass is 16.5. The van der Waals surface area contributed by atoms with Crippen LogP contribution >= 0.6 is 0 Å².